The monoisotopic (exact) mass is 387 g/mol. The average Bonchev–Trinajstić information content (AvgIpc) is 2.95. The van der Waals surface area contributed by atoms with Crippen molar-refractivity contribution in [2.24, 2.45) is 0 Å². The van der Waals surface area contributed by atoms with Gasteiger partial charge in [-0.05, 0) is 72.0 Å². The summed E-state index contributed by atoms with van der Waals surface area (Å²) in [4.78, 5) is 26.8. The minimum absolute atomic E-state index is 0.323. The van der Waals surface area contributed by atoms with Crippen molar-refractivity contribution in [1.29, 1.82) is 0 Å². The summed E-state index contributed by atoms with van der Waals surface area (Å²) >= 11 is 0. The predicted octanol–water partition coefficient (Wildman–Crippen LogP) is 3.83. The van der Waals surface area contributed by atoms with E-state index in [0.29, 0.717) is 12.0 Å². The molecule has 2 amide bonds. The highest BCUT2D eigenvalue weighted by molar-refractivity contribution is 6.62. The van der Waals surface area contributed by atoms with Crippen molar-refractivity contribution < 1.29 is 23.6 Å². The molecule has 2 aliphatic heterocycles. The second-order valence-electron chi connectivity index (χ2n) is 9.51. The normalized spacial score (nSPS) is 23.1. The molecule has 3 rings (SSSR count). The number of hydrogen-bond donors (Lipinski definition) is 0. The van der Waals surface area contributed by atoms with E-state index in [9.17, 15) is 9.59 Å². The molecule has 1 aromatic carbocycles. The van der Waals surface area contributed by atoms with Crippen molar-refractivity contribution in [3.8, 4) is 0 Å². The van der Waals surface area contributed by atoms with Crippen LogP contribution in [0, 0.1) is 0 Å². The van der Waals surface area contributed by atoms with Crippen LogP contribution in [0.1, 0.15) is 83.8 Å². The molecular weight excluding hydrogens is 357 g/mol. The first-order chi connectivity index (χ1) is 12.8. The standard InChI is InChI=1S/C21H30BNO5/c1-9-16-15-12-13(22-27-20(5,6)21(7,8)28-22)10-11-14(15)17(24)23(16)18(25)26-19(2,3)4/h10-12,16H,9H2,1-8H3. The maximum absolute atomic E-state index is 12.9. The number of imide groups is 1. The highest BCUT2D eigenvalue weighted by atomic mass is 16.7. The highest BCUT2D eigenvalue weighted by Crippen LogP contribution is 2.39. The smallest absolute Gasteiger partial charge is 0.443 e. The molecule has 152 valence electrons. The van der Waals surface area contributed by atoms with Crippen LogP contribution in [-0.4, -0.2) is 40.8 Å². The predicted molar refractivity (Wildman–Crippen MR) is 108 cm³/mol. The number of carbonyl (C=O) groups excluding carboxylic acids is 2. The molecule has 0 radical (unpaired) electrons. The topological polar surface area (TPSA) is 65.1 Å². The van der Waals surface area contributed by atoms with Crippen molar-refractivity contribution >= 4 is 24.6 Å². The van der Waals surface area contributed by atoms with Crippen LogP contribution in [0.15, 0.2) is 18.2 Å². The zero-order valence-corrected chi connectivity index (χ0v) is 18.1. The van der Waals surface area contributed by atoms with Crippen LogP contribution in [0.3, 0.4) is 0 Å². The first-order valence-corrected chi connectivity index (χ1v) is 9.83. The van der Waals surface area contributed by atoms with E-state index in [1.807, 2.05) is 46.8 Å². The van der Waals surface area contributed by atoms with E-state index in [4.69, 9.17) is 14.0 Å². The summed E-state index contributed by atoms with van der Waals surface area (Å²) in [5.41, 5.74) is 0.620. The van der Waals surface area contributed by atoms with Crippen LogP contribution in [-0.2, 0) is 14.0 Å². The zero-order valence-electron chi connectivity index (χ0n) is 18.1. The average molecular weight is 387 g/mol. The first kappa shape index (κ1) is 20.9. The lowest BCUT2D eigenvalue weighted by molar-refractivity contribution is 0.00578. The number of nitrogens with zero attached hydrogens (tertiary/aromatic N) is 1. The molecule has 28 heavy (non-hydrogen) atoms. The minimum atomic E-state index is -0.668. The first-order valence-electron chi connectivity index (χ1n) is 9.83. The molecular formula is C21H30BNO5. The van der Waals surface area contributed by atoms with Gasteiger partial charge in [-0.25, -0.2) is 9.69 Å². The van der Waals surface area contributed by atoms with Crippen molar-refractivity contribution in [3.63, 3.8) is 0 Å². The van der Waals surface area contributed by atoms with Crippen LogP contribution in [0.25, 0.3) is 0 Å². The number of hydrogen-bond acceptors (Lipinski definition) is 5. The van der Waals surface area contributed by atoms with Gasteiger partial charge in [0.1, 0.15) is 5.60 Å². The third kappa shape index (κ3) is 3.46. The summed E-state index contributed by atoms with van der Waals surface area (Å²) in [6.45, 7) is 15.3. The van der Waals surface area contributed by atoms with Gasteiger partial charge in [-0.1, -0.05) is 19.1 Å². The van der Waals surface area contributed by atoms with E-state index in [1.54, 1.807) is 26.8 Å². The van der Waals surface area contributed by atoms with Crippen LogP contribution >= 0.6 is 0 Å². The Morgan fingerprint density at radius 2 is 1.75 bits per heavy atom. The van der Waals surface area contributed by atoms with E-state index in [0.717, 1.165) is 11.0 Å². The Hall–Kier alpha value is -1.86. The van der Waals surface area contributed by atoms with Crippen molar-refractivity contribution in [2.75, 3.05) is 0 Å². The molecule has 7 heteroatoms. The van der Waals surface area contributed by atoms with E-state index in [2.05, 4.69) is 0 Å². The molecule has 1 unspecified atom stereocenters. The van der Waals surface area contributed by atoms with Crippen LogP contribution in [0.4, 0.5) is 4.79 Å². The van der Waals surface area contributed by atoms with Gasteiger partial charge >= 0.3 is 13.2 Å². The van der Waals surface area contributed by atoms with Crippen LogP contribution in [0.5, 0.6) is 0 Å². The van der Waals surface area contributed by atoms with Gasteiger partial charge < -0.3 is 14.0 Å². The summed E-state index contributed by atoms with van der Waals surface area (Å²) in [6.07, 6.45) is -0.0112. The lowest BCUT2D eigenvalue weighted by Crippen LogP contribution is -2.41. The minimum Gasteiger partial charge on any atom is -0.443 e. The van der Waals surface area contributed by atoms with Gasteiger partial charge in [-0.15, -0.1) is 0 Å². The van der Waals surface area contributed by atoms with Gasteiger partial charge in [0, 0.05) is 5.56 Å². The Kier molecular flexibility index (Phi) is 4.92. The fraction of sp³-hybridized carbons (Fsp3) is 0.619. The van der Waals surface area contributed by atoms with Gasteiger partial charge in [0.05, 0.1) is 17.2 Å². The Labute approximate surface area is 167 Å². The zero-order chi connectivity index (χ0) is 21.1. The molecule has 2 heterocycles. The third-order valence-electron chi connectivity index (χ3n) is 5.70. The Morgan fingerprint density at radius 1 is 1.18 bits per heavy atom. The number of amides is 2. The summed E-state index contributed by atoms with van der Waals surface area (Å²) < 4.78 is 17.7. The summed E-state index contributed by atoms with van der Waals surface area (Å²) in [7, 11) is -0.515. The third-order valence-corrected chi connectivity index (χ3v) is 5.70. The summed E-state index contributed by atoms with van der Waals surface area (Å²) in [5.74, 6) is -0.323. The van der Waals surface area contributed by atoms with Gasteiger partial charge in [0.2, 0.25) is 0 Å². The molecule has 1 fully saturated rings. The molecule has 1 aromatic rings. The molecule has 1 atom stereocenters. The van der Waals surface area contributed by atoms with Crippen LogP contribution < -0.4 is 5.46 Å². The SMILES string of the molecule is CCC1c2cc(B3OC(C)(C)C(C)(C)O3)ccc2C(=O)N1C(=O)OC(C)(C)C. The Morgan fingerprint density at radius 3 is 2.25 bits per heavy atom. The summed E-state index contributed by atoms with van der Waals surface area (Å²) in [5, 5.41) is 0. The fourth-order valence-electron chi connectivity index (χ4n) is 3.51. The second kappa shape index (κ2) is 6.60. The van der Waals surface area contributed by atoms with Gasteiger partial charge in [-0.2, -0.15) is 0 Å². The Bertz CT molecular complexity index is 796. The van der Waals surface area contributed by atoms with Gasteiger partial charge in [0.15, 0.2) is 0 Å². The summed E-state index contributed by atoms with van der Waals surface area (Å²) in [6, 6.07) is 5.16. The van der Waals surface area contributed by atoms with E-state index < -0.39 is 30.0 Å². The van der Waals surface area contributed by atoms with E-state index in [1.165, 1.54) is 4.90 Å². The molecule has 0 aromatic heterocycles. The lowest BCUT2D eigenvalue weighted by atomic mass is 9.77. The van der Waals surface area contributed by atoms with Crippen molar-refractivity contribution in [3.05, 3.63) is 29.3 Å². The Balaban J connectivity index is 1.93. The number of ether oxygens (including phenoxy) is 1. The largest absolute Gasteiger partial charge is 0.494 e. The quantitative estimate of drug-likeness (QED) is 0.722. The molecule has 0 spiro atoms. The van der Waals surface area contributed by atoms with E-state index in [-0.39, 0.29) is 11.9 Å². The number of benzene rings is 1. The number of fused-ring (bicyclic) bond motifs is 1. The molecule has 6 nitrogen and oxygen atoms in total. The maximum Gasteiger partial charge on any atom is 0.494 e. The molecule has 0 aliphatic carbocycles. The second-order valence-corrected chi connectivity index (χ2v) is 9.51. The van der Waals surface area contributed by atoms with Gasteiger partial charge in [-0.3, -0.25) is 4.79 Å². The number of rotatable bonds is 2. The highest BCUT2D eigenvalue weighted by Gasteiger charge is 2.52. The fourth-order valence-corrected chi connectivity index (χ4v) is 3.51. The maximum atomic E-state index is 12.9. The molecule has 0 bridgehead atoms. The number of carbonyl (C=O) groups is 2. The molecule has 1 saturated heterocycles. The lowest BCUT2D eigenvalue weighted by Gasteiger charge is -2.32. The molecule has 2 aliphatic rings. The molecule has 0 saturated carbocycles. The van der Waals surface area contributed by atoms with Crippen LogP contribution in [0.2, 0.25) is 0 Å². The van der Waals surface area contributed by atoms with E-state index >= 15 is 0 Å². The van der Waals surface area contributed by atoms with Gasteiger partial charge in [0.25, 0.3) is 5.91 Å². The molecule has 0 N–H and O–H groups in total. The van der Waals surface area contributed by atoms with Crippen molar-refractivity contribution in [1.82, 2.24) is 4.90 Å². The van der Waals surface area contributed by atoms with Crippen molar-refractivity contribution in [2.45, 2.75) is 84.7 Å².